The van der Waals surface area contributed by atoms with Gasteiger partial charge in [0.05, 0.1) is 22.0 Å². The summed E-state index contributed by atoms with van der Waals surface area (Å²) in [5.41, 5.74) is 1.46. The summed E-state index contributed by atoms with van der Waals surface area (Å²) in [5.74, 6) is 0.471. The predicted octanol–water partition coefficient (Wildman–Crippen LogP) is 2.94. The second kappa shape index (κ2) is 10.1. The molecule has 0 heterocycles. The van der Waals surface area contributed by atoms with E-state index in [-0.39, 0.29) is 6.61 Å². The Balaban J connectivity index is 1.71. The second-order valence-corrected chi connectivity index (χ2v) is 8.63. The summed E-state index contributed by atoms with van der Waals surface area (Å²) in [6.45, 7) is 1.12. The first-order chi connectivity index (χ1) is 12.7. The predicted molar refractivity (Wildman–Crippen MR) is 109 cm³/mol. The Morgan fingerprint density at radius 3 is 2.63 bits per heavy atom. The minimum atomic E-state index is -3.35. The highest BCUT2D eigenvalue weighted by molar-refractivity contribution is 7.92. The van der Waals surface area contributed by atoms with Crippen LogP contribution < -0.4 is 14.8 Å². The molecule has 148 valence electrons. The molecule has 0 saturated heterocycles. The number of aliphatic hydroxyl groups is 1. The number of nitrogens with one attached hydrogen (secondary N) is 2. The summed E-state index contributed by atoms with van der Waals surface area (Å²) in [5, 5.41) is 14.2. The molecule has 6 nitrogen and oxygen atoms in total. The molecule has 0 aliphatic heterocycles. The topological polar surface area (TPSA) is 87.7 Å². The highest BCUT2D eigenvalue weighted by Crippen LogP contribution is 2.22. The van der Waals surface area contributed by atoms with Crippen LogP contribution in [0.4, 0.5) is 5.69 Å². The zero-order valence-electron chi connectivity index (χ0n) is 14.8. The zero-order valence-corrected chi connectivity index (χ0v) is 17.1. The summed E-state index contributed by atoms with van der Waals surface area (Å²) in [6.07, 6.45) is 1.13. The Kier molecular flexibility index (Phi) is 8.19. The molecule has 0 bridgehead atoms. The maximum Gasteiger partial charge on any atom is 0.229 e. The van der Waals surface area contributed by atoms with E-state index in [0.29, 0.717) is 34.6 Å². The van der Waals surface area contributed by atoms with Gasteiger partial charge in [0.2, 0.25) is 10.0 Å². The Hall–Kier alpha value is -1.51. The van der Waals surface area contributed by atoms with Crippen molar-refractivity contribution >= 4 is 38.9 Å². The summed E-state index contributed by atoms with van der Waals surface area (Å²) < 4.78 is 30.4. The monoisotopic (exact) mass is 432 g/mol. The van der Waals surface area contributed by atoms with Crippen LogP contribution in [-0.2, 0) is 16.4 Å². The first-order valence-electron chi connectivity index (χ1n) is 8.26. The fourth-order valence-corrected chi connectivity index (χ4v) is 3.19. The standard InChI is InChI=1S/C18H22Cl2N2O4S/c1-27(24,25)22-14-3-2-4-16(10-14)26-12-15(23)11-21-8-7-13-5-6-17(19)18(20)9-13/h2-6,9-10,15,21-23H,7-8,11-12H2,1H3/t15-/m0/s1. The maximum atomic E-state index is 11.2. The van der Waals surface area contributed by atoms with Crippen molar-refractivity contribution in [3.63, 3.8) is 0 Å². The van der Waals surface area contributed by atoms with E-state index in [1.807, 2.05) is 12.1 Å². The molecule has 0 aliphatic carbocycles. The molecule has 0 aliphatic rings. The minimum absolute atomic E-state index is 0.0854. The number of ether oxygens (including phenoxy) is 1. The number of anilines is 1. The van der Waals surface area contributed by atoms with E-state index < -0.39 is 16.1 Å². The van der Waals surface area contributed by atoms with E-state index >= 15 is 0 Å². The van der Waals surface area contributed by atoms with Gasteiger partial charge in [-0.2, -0.15) is 0 Å². The number of hydrogen-bond acceptors (Lipinski definition) is 5. The first kappa shape index (κ1) is 21.8. The molecule has 0 aromatic heterocycles. The second-order valence-electron chi connectivity index (χ2n) is 6.07. The van der Waals surface area contributed by atoms with Gasteiger partial charge in [0.15, 0.2) is 0 Å². The van der Waals surface area contributed by atoms with Crippen LogP contribution in [0.5, 0.6) is 5.75 Å². The van der Waals surface area contributed by atoms with Gasteiger partial charge in [0.1, 0.15) is 18.5 Å². The van der Waals surface area contributed by atoms with Crippen LogP contribution >= 0.6 is 23.2 Å². The van der Waals surface area contributed by atoms with Crippen LogP contribution in [0.15, 0.2) is 42.5 Å². The number of aliphatic hydroxyl groups excluding tert-OH is 1. The molecular weight excluding hydrogens is 411 g/mol. The van der Waals surface area contributed by atoms with Gasteiger partial charge in [-0.05, 0) is 42.8 Å². The van der Waals surface area contributed by atoms with Crippen molar-refractivity contribution in [2.45, 2.75) is 12.5 Å². The SMILES string of the molecule is CS(=O)(=O)Nc1cccc(OC[C@@H](O)CNCCc2ccc(Cl)c(Cl)c2)c1. The summed E-state index contributed by atoms with van der Waals surface area (Å²) in [4.78, 5) is 0. The van der Waals surface area contributed by atoms with Gasteiger partial charge in [0, 0.05) is 12.6 Å². The lowest BCUT2D eigenvalue weighted by molar-refractivity contribution is 0.106. The molecule has 27 heavy (non-hydrogen) atoms. The molecule has 9 heteroatoms. The van der Waals surface area contributed by atoms with Crippen molar-refractivity contribution in [2.24, 2.45) is 0 Å². The Morgan fingerprint density at radius 1 is 1.15 bits per heavy atom. The van der Waals surface area contributed by atoms with Gasteiger partial charge >= 0.3 is 0 Å². The molecule has 0 radical (unpaired) electrons. The molecule has 2 aromatic rings. The lowest BCUT2D eigenvalue weighted by Crippen LogP contribution is -2.32. The van der Waals surface area contributed by atoms with E-state index in [9.17, 15) is 13.5 Å². The first-order valence-corrected chi connectivity index (χ1v) is 10.9. The molecule has 3 N–H and O–H groups in total. The summed E-state index contributed by atoms with van der Waals surface area (Å²) in [7, 11) is -3.35. The Bertz CT molecular complexity index is 862. The number of benzene rings is 2. The van der Waals surface area contributed by atoms with Gasteiger partial charge in [-0.25, -0.2) is 8.42 Å². The molecular formula is C18H22Cl2N2O4S. The number of rotatable bonds is 10. The van der Waals surface area contributed by atoms with E-state index in [0.717, 1.165) is 18.2 Å². The summed E-state index contributed by atoms with van der Waals surface area (Å²) >= 11 is 11.9. The third-order valence-electron chi connectivity index (χ3n) is 3.53. The van der Waals surface area contributed by atoms with Gasteiger partial charge in [0.25, 0.3) is 0 Å². The average molecular weight is 433 g/mol. The zero-order chi connectivity index (χ0) is 19.9. The van der Waals surface area contributed by atoms with E-state index in [1.54, 1.807) is 30.3 Å². The summed E-state index contributed by atoms with van der Waals surface area (Å²) in [6, 6.07) is 12.0. The lowest BCUT2D eigenvalue weighted by atomic mass is 10.1. The minimum Gasteiger partial charge on any atom is -0.491 e. The van der Waals surface area contributed by atoms with Crippen molar-refractivity contribution in [2.75, 3.05) is 30.7 Å². The van der Waals surface area contributed by atoms with E-state index in [1.165, 1.54) is 0 Å². The quantitative estimate of drug-likeness (QED) is 0.502. The van der Waals surface area contributed by atoms with Crippen LogP contribution in [0.1, 0.15) is 5.56 Å². The molecule has 1 atom stereocenters. The number of sulfonamides is 1. The van der Waals surface area contributed by atoms with Crippen LogP contribution in [0, 0.1) is 0 Å². The Labute approximate surface area is 169 Å². The van der Waals surface area contributed by atoms with Crippen LogP contribution in [0.25, 0.3) is 0 Å². The van der Waals surface area contributed by atoms with Gasteiger partial charge < -0.3 is 15.2 Å². The lowest BCUT2D eigenvalue weighted by Gasteiger charge is -2.14. The van der Waals surface area contributed by atoms with Crippen molar-refractivity contribution in [3.05, 3.63) is 58.1 Å². The molecule has 0 saturated carbocycles. The molecule has 0 fully saturated rings. The molecule has 2 aromatic carbocycles. The molecule has 0 amide bonds. The van der Waals surface area contributed by atoms with Crippen molar-refractivity contribution < 1.29 is 18.3 Å². The molecule has 0 unspecified atom stereocenters. The maximum absolute atomic E-state index is 11.2. The third-order valence-corrected chi connectivity index (χ3v) is 4.88. The fraction of sp³-hybridized carbons (Fsp3) is 0.333. The normalized spacial score (nSPS) is 12.6. The van der Waals surface area contributed by atoms with Gasteiger partial charge in [-0.1, -0.05) is 35.3 Å². The third kappa shape index (κ3) is 8.36. The van der Waals surface area contributed by atoms with Crippen LogP contribution in [0.2, 0.25) is 10.0 Å². The number of halogens is 2. The highest BCUT2D eigenvalue weighted by Gasteiger charge is 2.07. The Morgan fingerprint density at radius 2 is 1.93 bits per heavy atom. The van der Waals surface area contributed by atoms with Gasteiger partial charge in [-0.15, -0.1) is 0 Å². The largest absolute Gasteiger partial charge is 0.491 e. The van der Waals surface area contributed by atoms with Gasteiger partial charge in [-0.3, -0.25) is 4.72 Å². The molecule has 2 rings (SSSR count). The fourth-order valence-electron chi connectivity index (χ4n) is 2.31. The van der Waals surface area contributed by atoms with Crippen LogP contribution in [0.3, 0.4) is 0 Å². The molecule has 0 spiro atoms. The highest BCUT2D eigenvalue weighted by atomic mass is 35.5. The van der Waals surface area contributed by atoms with Crippen molar-refractivity contribution in [3.8, 4) is 5.75 Å². The van der Waals surface area contributed by atoms with E-state index in [4.69, 9.17) is 27.9 Å². The van der Waals surface area contributed by atoms with Crippen molar-refractivity contribution in [1.29, 1.82) is 0 Å². The van der Waals surface area contributed by atoms with E-state index in [2.05, 4.69) is 10.0 Å². The van der Waals surface area contributed by atoms with Crippen molar-refractivity contribution in [1.82, 2.24) is 5.32 Å². The number of hydrogen-bond donors (Lipinski definition) is 3. The van der Waals surface area contributed by atoms with Crippen LogP contribution in [-0.4, -0.2) is 45.6 Å². The average Bonchev–Trinajstić information content (AvgIpc) is 2.59. The smallest absolute Gasteiger partial charge is 0.229 e.